The third-order valence-electron chi connectivity index (χ3n) is 3.83. The molecule has 0 aliphatic carbocycles. The Morgan fingerprint density at radius 3 is 3.00 bits per heavy atom. The summed E-state index contributed by atoms with van der Waals surface area (Å²) >= 11 is 5.99. The molecule has 2 heterocycles. The topological polar surface area (TPSA) is 64.2 Å². The van der Waals surface area contributed by atoms with Crippen molar-refractivity contribution >= 4 is 17.5 Å². The van der Waals surface area contributed by atoms with Gasteiger partial charge in [-0.3, -0.25) is 9.48 Å². The quantitative estimate of drug-likeness (QED) is 0.908. The lowest BCUT2D eigenvalue weighted by molar-refractivity contribution is 0.0741. The van der Waals surface area contributed by atoms with Crippen LogP contribution in [0.3, 0.4) is 0 Å². The Balaban J connectivity index is 1.77. The minimum absolute atomic E-state index is 0.201. The molecule has 1 aliphatic heterocycles. The first-order chi connectivity index (χ1) is 11.1. The summed E-state index contributed by atoms with van der Waals surface area (Å²) in [5, 5.41) is 4.84. The predicted octanol–water partition coefficient (Wildman–Crippen LogP) is 2.03. The largest absolute Gasteiger partial charge is 0.332 e. The normalized spacial score (nSPS) is 16.4. The van der Waals surface area contributed by atoms with Crippen LogP contribution < -0.4 is 5.73 Å². The number of rotatable bonds is 5. The van der Waals surface area contributed by atoms with Crippen LogP contribution in [0.25, 0.3) is 0 Å². The number of hydrogen-bond donors (Lipinski definition) is 1. The Morgan fingerprint density at radius 2 is 2.30 bits per heavy atom. The fraction of sp³-hybridized carbons (Fsp3) is 0.375. The second-order valence-electron chi connectivity index (χ2n) is 5.65. The van der Waals surface area contributed by atoms with Crippen molar-refractivity contribution in [2.24, 2.45) is 5.73 Å². The third kappa shape index (κ3) is 3.54. The molecule has 122 valence electrons. The van der Waals surface area contributed by atoms with Gasteiger partial charge in [-0.25, -0.2) is 4.39 Å². The van der Waals surface area contributed by atoms with Gasteiger partial charge in [-0.2, -0.15) is 5.10 Å². The van der Waals surface area contributed by atoms with E-state index in [1.807, 2.05) is 18.2 Å². The van der Waals surface area contributed by atoms with E-state index in [1.54, 1.807) is 21.7 Å². The molecule has 0 fully saturated rings. The van der Waals surface area contributed by atoms with Crippen molar-refractivity contribution in [2.45, 2.75) is 25.7 Å². The molecule has 0 saturated carbocycles. The van der Waals surface area contributed by atoms with Gasteiger partial charge < -0.3 is 10.6 Å². The average molecular weight is 337 g/mol. The van der Waals surface area contributed by atoms with Gasteiger partial charge in [-0.1, -0.05) is 23.7 Å². The third-order valence-corrected chi connectivity index (χ3v) is 4.07. The number of nitrogens with zero attached hydrogens (tertiary/aromatic N) is 3. The van der Waals surface area contributed by atoms with Crippen LogP contribution in [0.2, 0.25) is 5.02 Å². The Kier molecular flexibility index (Phi) is 4.63. The summed E-state index contributed by atoms with van der Waals surface area (Å²) in [6, 6.07) is 9.02. The minimum Gasteiger partial charge on any atom is -0.332 e. The molecule has 3 rings (SSSR count). The molecule has 0 spiro atoms. The maximum atomic E-state index is 13.3. The molecule has 0 saturated heterocycles. The molecule has 0 bridgehead atoms. The van der Waals surface area contributed by atoms with Crippen molar-refractivity contribution < 1.29 is 9.18 Å². The zero-order valence-electron chi connectivity index (χ0n) is 12.6. The van der Waals surface area contributed by atoms with E-state index in [0.29, 0.717) is 36.8 Å². The molecule has 2 aromatic rings. The van der Waals surface area contributed by atoms with E-state index in [-0.39, 0.29) is 12.5 Å². The van der Waals surface area contributed by atoms with Gasteiger partial charge in [0, 0.05) is 36.8 Å². The fourth-order valence-electron chi connectivity index (χ4n) is 2.79. The lowest BCUT2D eigenvalue weighted by Crippen LogP contribution is -2.35. The van der Waals surface area contributed by atoms with Crippen LogP contribution in [0, 0.1) is 0 Å². The number of hydrogen-bond acceptors (Lipinski definition) is 3. The van der Waals surface area contributed by atoms with Crippen molar-refractivity contribution in [1.29, 1.82) is 0 Å². The highest BCUT2D eigenvalue weighted by Crippen LogP contribution is 2.20. The molecular weight excluding hydrogens is 319 g/mol. The van der Waals surface area contributed by atoms with Gasteiger partial charge in [0.05, 0.1) is 6.54 Å². The number of carbonyl (C=O) groups is 1. The van der Waals surface area contributed by atoms with Crippen LogP contribution in [-0.2, 0) is 19.5 Å². The van der Waals surface area contributed by atoms with E-state index in [2.05, 4.69) is 5.10 Å². The Labute approximate surface area is 138 Å². The number of carbonyl (C=O) groups excluding carboxylic acids is 1. The van der Waals surface area contributed by atoms with Crippen molar-refractivity contribution in [2.75, 3.05) is 13.1 Å². The Hall–Kier alpha value is -1.92. The van der Waals surface area contributed by atoms with Gasteiger partial charge >= 0.3 is 0 Å². The summed E-state index contributed by atoms with van der Waals surface area (Å²) in [6.45, 7) is 1.39. The molecule has 5 nitrogen and oxygen atoms in total. The number of aromatic nitrogens is 2. The zero-order chi connectivity index (χ0) is 16.4. The molecule has 1 aliphatic rings. The molecule has 1 atom stereocenters. The molecule has 1 aromatic heterocycles. The number of amides is 1. The predicted molar refractivity (Wildman–Crippen MR) is 86.1 cm³/mol. The summed E-state index contributed by atoms with van der Waals surface area (Å²) in [5.41, 5.74) is 7.65. The lowest BCUT2D eigenvalue weighted by Gasteiger charge is -2.21. The molecule has 23 heavy (non-hydrogen) atoms. The highest BCUT2D eigenvalue weighted by atomic mass is 35.5. The summed E-state index contributed by atoms with van der Waals surface area (Å²) in [5.74, 6) is -0.201. The number of benzene rings is 1. The summed E-state index contributed by atoms with van der Waals surface area (Å²) in [6.07, 6.45) is -0.598. The monoisotopic (exact) mass is 336 g/mol. The van der Waals surface area contributed by atoms with E-state index in [4.69, 9.17) is 17.3 Å². The highest BCUT2D eigenvalue weighted by molar-refractivity contribution is 6.30. The number of alkyl halides is 1. The second kappa shape index (κ2) is 6.68. The van der Waals surface area contributed by atoms with Crippen molar-refractivity contribution in [1.82, 2.24) is 14.7 Å². The number of nitrogens with two attached hydrogens (primary N) is 1. The Bertz CT molecular complexity index is 694. The first kappa shape index (κ1) is 16.0. The van der Waals surface area contributed by atoms with Crippen LogP contribution in [0.1, 0.15) is 21.7 Å². The van der Waals surface area contributed by atoms with E-state index in [0.717, 1.165) is 11.3 Å². The maximum Gasteiger partial charge on any atom is 0.274 e. The first-order valence-corrected chi connectivity index (χ1v) is 7.89. The number of fused-ring (bicyclic) bond motifs is 1. The van der Waals surface area contributed by atoms with Crippen molar-refractivity contribution in [3.63, 3.8) is 0 Å². The average Bonchev–Trinajstić information content (AvgIpc) is 3.03. The highest BCUT2D eigenvalue weighted by Gasteiger charge is 2.26. The van der Waals surface area contributed by atoms with Gasteiger partial charge in [0.1, 0.15) is 6.17 Å². The van der Waals surface area contributed by atoms with E-state index < -0.39 is 6.17 Å². The summed E-state index contributed by atoms with van der Waals surface area (Å²) in [7, 11) is 0. The van der Waals surface area contributed by atoms with Gasteiger partial charge in [-0.15, -0.1) is 0 Å². The van der Waals surface area contributed by atoms with Crippen LogP contribution >= 0.6 is 11.6 Å². The van der Waals surface area contributed by atoms with Gasteiger partial charge in [0.25, 0.3) is 5.91 Å². The maximum absolute atomic E-state index is 13.3. The summed E-state index contributed by atoms with van der Waals surface area (Å²) < 4.78 is 14.9. The minimum atomic E-state index is -0.909. The second-order valence-corrected chi connectivity index (χ2v) is 6.09. The van der Waals surface area contributed by atoms with Gasteiger partial charge in [0.15, 0.2) is 5.69 Å². The Morgan fingerprint density at radius 1 is 1.48 bits per heavy atom. The van der Waals surface area contributed by atoms with Crippen LogP contribution in [0.5, 0.6) is 0 Å². The smallest absolute Gasteiger partial charge is 0.274 e. The van der Waals surface area contributed by atoms with Crippen molar-refractivity contribution in [3.8, 4) is 0 Å². The summed E-state index contributed by atoms with van der Waals surface area (Å²) in [4.78, 5) is 14.3. The van der Waals surface area contributed by atoms with Gasteiger partial charge in [0.2, 0.25) is 0 Å². The standard InChI is InChI=1S/C16H18ClFN4O/c17-12-3-1-2-11(6-12)9-21(5-4-19)16(23)15-8-14-7-13(18)10-22(14)20-15/h1-3,6,8,13H,4-5,7,9-10,19H2. The molecule has 2 N–H and O–H groups in total. The van der Waals surface area contributed by atoms with Gasteiger partial charge in [-0.05, 0) is 23.8 Å². The van der Waals surface area contributed by atoms with Crippen LogP contribution in [0.15, 0.2) is 30.3 Å². The van der Waals surface area contributed by atoms with Crippen molar-refractivity contribution in [3.05, 3.63) is 52.3 Å². The molecular formula is C16H18ClFN4O. The molecule has 0 radical (unpaired) electrons. The van der Waals surface area contributed by atoms with E-state index >= 15 is 0 Å². The van der Waals surface area contributed by atoms with E-state index in [9.17, 15) is 9.18 Å². The molecule has 1 unspecified atom stereocenters. The number of halogens is 2. The lowest BCUT2D eigenvalue weighted by atomic mass is 10.2. The molecule has 1 amide bonds. The van der Waals surface area contributed by atoms with E-state index in [1.165, 1.54) is 0 Å². The molecule has 7 heteroatoms. The fourth-order valence-corrected chi connectivity index (χ4v) is 3.00. The SMILES string of the molecule is NCCN(Cc1cccc(Cl)c1)C(=O)c1cc2n(n1)CC(F)C2. The first-order valence-electron chi connectivity index (χ1n) is 7.51. The zero-order valence-corrected chi connectivity index (χ0v) is 13.3. The molecule has 1 aromatic carbocycles. The van der Waals surface area contributed by atoms with Crippen LogP contribution in [0.4, 0.5) is 4.39 Å². The van der Waals surface area contributed by atoms with Crippen LogP contribution in [-0.4, -0.2) is 39.8 Å².